The first-order chi connectivity index (χ1) is 14.9. The second-order valence-corrected chi connectivity index (χ2v) is 7.56. The van der Waals surface area contributed by atoms with Crippen LogP contribution in [0.3, 0.4) is 0 Å². The van der Waals surface area contributed by atoms with Gasteiger partial charge in [0, 0.05) is 16.3 Å². The molecule has 0 saturated heterocycles. The molecule has 0 radical (unpaired) electrons. The number of aryl methyl sites for hydroxylation is 2. The highest BCUT2D eigenvalue weighted by Crippen LogP contribution is 2.25. The van der Waals surface area contributed by atoms with E-state index in [9.17, 15) is 4.79 Å². The van der Waals surface area contributed by atoms with Crippen molar-refractivity contribution in [2.45, 2.75) is 13.8 Å². The zero-order valence-corrected chi connectivity index (χ0v) is 18.1. The first-order valence-electron chi connectivity index (χ1n) is 9.70. The van der Waals surface area contributed by atoms with Gasteiger partial charge >= 0.3 is 0 Å². The lowest BCUT2D eigenvalue weighted by molar-refractivity contribution is 0.101. The summed E-state index contributed by atoms with van der Waals surface area (Å²) in [5.41, 5.74) is 4.28. The van der Waals surface area contributed by atoms with E-state index in [0.29, 0.717) is 22.3 Å². The second-order valence-electron chi connectivity index (χ2n) is 7.15. The van der Waals surface area contributed by atoms with E-state index in [0.717, 1.165) is 22.4 Å². The maximum absolute atomic E-state index is 12.9. The topological polar surface area (TPSA) is 69.0 Å². The molecule has 4 rings (SSSR count). The Balaban J connectivity index is 1.73. The van der Waals surface area contributed by atoms with Crippen molar-refractivity contribution in [3.8, 4) is 22.8 Å². The van der Waals surface area contributed by atoms with Crippen molar-refractivity contribution < 1.29 is 9.53 Å². The minimum absolute atomic E-state index is 0.0584. The summed E-state index contributed by atoms with van der Waals surface area (Å²) >= 11 is 6.33. The van der Waals surface area contributed by atoms with Crippen molar-refractivity contribution in [1.82, 2.24) is 14.8 Å². The monoisotopic (exact) mass is 432 g/mol. The summed E-state index contributed by atoms with van der Waals surface area (Å²) in [6, 6.07) is 20.6. The summed E-state index contributed by atoms with van der Waals surface area (Å²) in [4.78, 5) is 17.4. The van der Waals surface area contributed by atoms with E-state index in [1.54, 1.807) is 36.1 Å². The Labute approximate surface area is 185 Å². The van der Waals surface area contributed by atoms with E-state index in [4.69, 9.17) is 16.3 Å². The summed E-state index contributed by atoms with van der Waals surface area (Å²) in [7, 11) is 1.59. The Morgan fingerprint density at radius 1 is 1.00 bits per heavy atom. The smallest absolute Gasteiger partial charge is 0.295 e. The molecule has 0 atom stereocenters. The molecule has 0 spiro atoms. The van der Waals surface area contributed by atoms with E-state index in [2.05, 4.69) is 15.4 Å². The average Bonchev–Trinajstić information content (AvgIpc) is 3.22. The fourth-order valence-electron chi connectivity index (χ4n) is 3.05. The molecule has 31 heavy (non-hydrogen) atoms. The van der Waals surface area contributed by atoms with Crippen LogP contribution in [-0.2, 0) is 0 Å². The fourth-order valence-corrected chi connectivity index (χ4v) is 3.23. The van der Waals surface area contributed by atoms with Crippen LogP contribution in [0.25, 0.3) is 17.1 Å². The summed E-state index contributed by atoms with van der Waals surface area (Å²) in [5, 5.41) is 7.93. The van der Waals surface area contributed by atoms with Crippen LogP contribution in [0.4, 0.5) is 5.69 Å². The highest BCUT2D eigenvalue weighted by molar-refractivity contribution is 6.31. The van der Waals surface area contributed by atoms with Crippen LogP contribution < -0.4 is 10.1 Å². The number of carbonyl (C=O) groups excluding carboxylic acids is 1. The van der Waals surface area contributed by atoms with Crippen molar-refractivity contribution in [2.24, 2.45) is 0 Å². The molecule has 0 unspecified atom stereocenters. The number of anilines is 1. The molecule has 0 aliphatic heterocycles. The Morgan fingerprint density at radius 2 is 1.71 bits per heavy atom. The molecule has 0 bridgehead atoms. The van der Waals surface area contributed by atoms with Crippen molar-refractivity contribution in [1.29, 1.82) is 0 Å². The van der Waals surface area contributed by atoms with Crippen LogP contribution in [-0.4, -0.2) is 27.8 Å². The van der Waals surface area contributed by atoms with Gasteiger partial charge < -0.3 is 10.1 Å². The molecule has 0 aliphatic carbocycles. The standard InChI is InChI=1S/C24H21ClN4O2/c1-15-4-7-17(8-5-15)23-27-22(24(30)26-18-9-12-20(31-3)13-10-18)28-29(23)19-11-6-16(2)21(25)14-19/h4-14H,1-3H3,(H,26,30). The Morgan fingerprint density at radius 3 is 2.35 bits per heavy atom. The van der Waals surface area contributed by atoms with Gasteiger partial charge in [-0.25, -0.2) is 9.67 Å². The molecule has 1 N–H and O–H groups in total. The van der Waals surface area contributed by atoms with E-state index >= 15 is 0 Å². The third-order valence-electron chi connectivity index (χ3n) is 4.87. The zero-order chi connectivity index (χ0) is 22.0. The van der Waals surface area contributed by atoms with E-state index < -0.39 is 5.91 Å². The molecular weight excluding hydrogens is 412 g/mol. The number of hydrogen-bond donors (Lipinski definition) is 1. The summed E-state index contributed by atoms with van der Waals surface area (Å²) in [6.45, 7) is 3.95. The van der Waals surface area contributed by atoms with Gasteiger partial charge in [0.2, 0.25) is 5.82 Å². The molecule has 0 saturated carbocycles. The number of methoxy groups -OCH3 is 1. The third kappa shape index (κ3) is 4.44. The van der Waals surface area contributed by atoms with E-state index in [1.165, 1.54) is 0 Å². The number of ether oxygens (including phenoxy) is 1. The zero-order valence-electron chi connectivity index (χ0n) is 17.4. The highest BCUT2D eigenvalue weighted by Gasteiger charge is 2.19. The predicted molar refractivity (Wildman–Crippen MR) is 122 cm³/mol. The molecule has 1 amide bonds. The number of nitrogens with one attached hydrogen (secondary N) is 1. The molecule has 6 nitrogen and oxygen atoms in total. The minimum atomic E-state index is -0.407. The fraction of sp³-hybridized carbons (Fsp3) is 0.125. The SMILES string of the molecule is COc1ccc(NC(=O)c2nc(-c3ccc(C)cc3)n(-c3ccc(C)c(Cl)c3)n2)cc1. The molecule has 4 aromatic rings. The Hall–Kier alpha value is -3.64. The van der Waals surface area contributed by atoms with Gasteiger partial charge in [0.05, 0.1) is 12.8 Å². The van der Waals surface area contributed by atoms with Crippen molar-refractivity contribution in [2.75, 3.05) is 12.4 Å². The van der Waals surface area contributed by atoms with Gasteiger partial charge in [0.15, 0.2) is 5.82 Å². The van der Waals surface area contributed by atoms with Gasteiger partial charge in [-0.15, -0.1) is 5.10 Å². The number of benzene rings is 3. The number of carbonyl (C=O) groups is 1. The molecule has 156 valence electrons. The van der Waals surface area contributed by atoms with Crippen LogP contribution in [0.15, 0.2) is 66.7 Å². The molecule has 3 aromatic carbocycles. The van der Waals surface area contributed by atoms with Gasteiger partial charge in [0.1, 0.15) is 5.75 Å². The van der Waals surface area contributed by atoms with Crippen LogP contribution in [0.5, 0.6) is 5.75 Å². The first-order valence-corrected chi connectivity index (χ1v) is 10.1. The second kappa shape index (κ2) is 8.62. The minimum Gasteiger partial charge on any atom is -0.497 e. The largest absolute Gasteiger partial charge is 0.497 e. The Kier molecular flexibility index (Phi) is 5.73. The van der Waals surface area contributed by atoms with E-state index in [-0.39, 0.29) is 5.82 Å². The third-order valence-corrected chi connectivity index (χ3v) is 5.28. The van der Waals surface area contributed by atoms with Crippen molar-refractivity contribution >= 4 is 23.2 Å². The van der Waals surface area contributed by atoms with Gasteiger partial charge in [-0.3, -0.25) is 4.79 Å². The average molecular weight is 433 g/mol. The molecule has 0 aliphatic rings. The summed E-state index contributed by atoms with van der Waals surface area (Å²) < 4.78 is 6.79. The lowest BCUT2D eigenvalue weighted by Crippen LogP contribution is -2.14. The number of hydrogen-bond acceptors (Lipinski definition) is 4. The quantitative estimate of drug-likeness (QED) is 0.454. The van der Waals surface area contributed by atoms with Crippen LogP contribution in [0, 0.1) is 13.8 Å². The maximum Gasteiger partial charge on any atom is 0.295 e. The lowest BCUT2D eigenvalue weighted by atomic mass is 10.1. The van der Waals surface area contributed by atoms with Gasteiger partial charge in [-0.1, -0.05) is 47.5 Å². The van der Waals surface area contributed by atoms with Crippen molar-refractivity contribution in [3.63, 3.8) is 0 Å². The summed E-state index contributed by atoms with van der Waals surface area (Å²) in [6.07, 6.45) is 0. The molecule has 1 aromatic heterocycles. The van der Waals surface area contributed by atoms with Crippen LogP contribution in [0.1, 0.15) is 21.7 Å². The van der Waals surface area contributed by atoms with E-state index in [1.807, 2.05) is 56.3 Å². The van der Waals surface area contributed by atoms with Gasteiger partial charge in [0.25, 0.3) is 5.91 Å². The molecule has 7 heteroatoms. The number of amides is 1. The number of nitrogens with zero attached hydrogens (tertiary/aromatic N) is 3. The molecular formula is C24H21ClN4O2. The highest BCUT2D eigenvalue weighted by atomic mass is 35.5. The molecule has 0 fully saturated rings. The lowest BCUT2D eigenvalue weighted by Gasteiger charge is -2.08. The van der Waals surface area contributed by atoms with Gasteiger partial charge in [-0.2, -0.15) is 0 Å². The van der Waals surface area contributed by atoms with Gasteiger partial charge in [-0.05, 0) is 55.8 Å². The normalized spacial score (nSPS) is 10.7. The first kappa shape index (κ1) is 20.6. The van der Waals surface area contributed by atoms with Crippen molar-refractivity contribution in [3.05, 3.63) is 88.7 Å². The number of halogens is 1. The summed E-state index contributed by atoms with van der Waals surface area (Å²) in [5.74, 6) is 0.914. The number of rotatable bonds is 5. The van der Waals surface area contributed by atoms with Crippen LogP contribution in [0.2, 0.25) is 5.02 Å². The number of aromatic nitrogens is 3. The maximum atomic E-state index is 12.9. The molecule has 1 heterocycles. The van der Waals surface area contributed by atoms with Crippen LogP contribution >= 0.6 is 11.6 Å². The predicted octanol–water partition coefficient (Wildman–Crippen LogP) is 5.47. The Bertz CT molecular complexity index is 1230.